The van der Waals surface area contributed by atoms with Crippen LogP contribution in [0.4, 0.5) is 5.13 Å². The third-order valence-electron chi connectivity index (χ3n) is 2.28. The number of aryl methyl sites for hydroxylation is 1. The van der Waals surface area contributed by atoms with E-state index in [-0.39, 0.29) is 11.6 Å². The molecule has 0 fully saturated rings. The lowest BCUT2D eigenvalue weighted by molar-refractivity contribution is -0.131. The van der Waals surface area contributed by atoms with E-state index in [1.807, 2.05) is 12.3 Å². The van der Waals surface area contributed by atoms with Gasteiger partial charge in [0.25, 0.3) is 5.91 Å². The number of nitrogens with one attached hydrogen (secondary N) is 1. The highest BCUT2D eigenvalue weighted by molar-refractivity contribution is 7.13. The third kappa shape index (κ3) is 3.72. The van der Waals surface area contributed by atoms with Crippen molar-refractivity contribution in [3.8, 4) is 0 Å². The van der Waals surface area contributed by atoms with Gasteiger partial charge in [-0.25, -0.2) is 9.78 Å². The highest BCUT2D eigenvalue weighted by Gasteiger charge is 2.09. The van der Waals surface area contributed by atoms with Crippen LogP contribution in [0, 0.1) is 6.92 Å². The molecule has 2 N–H and O–H groups in total. The van der Waals surface area contributed by atoms with Crippen molar-refractivity contribution < 1.29 is 14.7 Å². The zero-order valence-electron chi connectivity index (χ0n) is 10.5. The summed E-state index contributed by atoms with van der Waals surface area (Å²) < 4.78 is 0. The monoisotopic (exact) mass is 289 g/mol. The number of hydrogen-bond donors (Lipinski definition) is 2. The Balaban J connectivity index is 2.05. The summed E-state index contributed by atoms with van der Waals surface area (Å²) >= 11 is 1.34. The lowest BCUT2D eigenvalue weighted by Gasteiger charge is -2.01. The van der Waals surface area contributed by atoms with Crippen molar-refractivity contribution in [1.29, 1.82) is 0 Å². The zero-order valence-corrected chi connectivity index (χ0v) is 11.3. The topological polar surface area (TPSA) is 92.2 Å². The molecule has 0 atom stereocenters. The van der Waals surface area contributed by atoms with E-state index in [1.54, 1.807) is 6.07 Å². The van der Waals surface area contributed by atoms with Crippen LogP contribution in [0.15, 0.2) is 29.8 Å². The third-order valence-corrected chi connectivity index (χ3v) is 3.15. The van der Waals surface area contributed by atoms with E-state index < -0.39 is 5.97 Å². The first kappa shape index (κ1) is 13.9. The summed E-state index contributed by atoms with van der Waals surface area (Å²) in [5.74, 6) is -1.39. The molecule has 0 saturated carbocycles. The summed E-state index contributed by atoms with van der Waals surface area (Å²) in [4.78, 5) is 30.4. The summed E-state index contributed by atoms with van der Waals surface area (Å²) in [5.41, 5.74) is 1.69. The molecule has 2 rings (SSSR count). The SMILES string of the molecule is Cc1csc(NC(=O)c2ccc(C=CC(=O)O)cn2)n1. The molecule has 2 aromatic heterocycles. The number of thiazole rings is 1. The maximum atomic E-state index is 11.9. The molecule has 0 aromatic carbocycles. The molecule has 2 heterocycles. The molecule has 0 saturated heterocycles. The van der Waals surface area contributed by atoms with E-state index in [0.717, 1.165) is 11.8 Å². The van der Waals surface area contributed by atoms with Crippen molar-refractivity contribution in [2.75, 3.05) is 5.32 Å². The lowest BCUT2D eigenvalue weighted by atomic mass is 10.2. The summed E-state index contributed by atoms with van der Waals surface area (Å²) in [6, 6.07) is 3.14. The zero-order chi connectivity index (χ0) is 14.5. The van der Waals surface area contributed by atoms with Gasteiger partial charge in [-0.05, 0) is 24.6 Å². The Morgan fingerprint density at radius 1 is 1.40 bits per heavy atom. The highest BCUT2D eigenvalue weighted by atomic mass is 32.1. The summed E-state index contributed by atoms with van der Waals surface area (Å²) in [6.45, 7) is 1.84. The van der Waals surface area contributed by atoms with Crippen molar-refractivity contribution in [3.63, 3.8) is 0 Å². The van der Waals surface area contributed by atoms with Crippen molar-refractivity contribution in [2.24, 2.45) is 0 Å². The molecule has 7 heteroatoms. The van der Waals surface area contributed by atoms with Gasteiger partial charge in [-0.15, -0.1) is 11.3 Å². The standard InChI is InChI=1S/C13H11N3O3S/c1-8-7-20-13(15-8)16-12(19)10-4-2-9(6-14-10)3-5-11(17)18/h2-7H,1H3,(H,17,18)(H,15,16,19). The quantitative estimate of drug-likeness (QED) is 0.842. The van der Waals surface area contributed by atoms with Crippen molar-refractivity contribution in [1.82, 2.24) is 9.97 Å². The van der Waals surface area contributed by atoms with Crippen LogP contribution in [-0.4, -0.2) is 27.0 Å². The summed E-state index contributed by atoms with van der Waals surface area (Å²) in [6.07, 6.45) is 3.85. The number of aliphatic carboxylic acids is 1. The number of anilines is 1. The van der Waals surface area contributed by atoms with Crippen LogP contribution in [0.1, 0.15) is 21.7 Å². The molecule has 0 radical (unpaired) electrons. The van der Waals surface area contributed by atoms with Crippen LogP contribution in [0.25, 0.3) is 6.08 Å². The molecule has 20 heavy (non-hydrogen) atoms. The molecule has 0 unspecified atom stereocenters. The Bertz CT molecular complexity index is 662. The van der Waals surface area contributed by atoms with Gasteiger partial charge in [0.1, 0.15) is 5.69 Å². The predicted molar refractivity (Wildman–Crippen MR) is 75.7 cm³/mol. The summed E-state index contributed by atoms with van der Waals surface area (Å²) in [5, 5.41) is 13.5. The molecule has 0 aliphatic carbocycles. The van der Waals surface area contributed by atoms with Gasteiger partial charge in [0.2, 0.25) is 0 Å². The molecule has 0 aliphatic heterocycles. The van der Waals surface area contributed by atoms with Crippen LogP contribution in [0.2, 0.25) is 0 Å². The Kier molecular flexibility index (Phi) is 4.21. The fraction of sp³-hybridized carbons (Fsp3) is 0.0769. The van der Waals surface area contributed by atoms with Gasteiger partial charge in [0.05, 0.1) is 5.69 Å². The van der Waals surface area contributed by atoms with Crippen LogP contribution >= 0.6 is 11.3 Å². The second-order valence-electron chi connectivity index (χ2n) is 3.90. The minimum atomic E-state index is -1.04. The fourth-order valence-corrected chi connectivity index (χ4v) is 2.06. The molecule has 6 nitrogen and oxygen atoms in total. The van der Waals surface area contributed by atoms with Gasteiger partial charge in [0.15, 0.2) is 5.13 Å². The Hall–Kier alpha value is -2.54. The second-order valence-corrected chi connectivity index (χ2v) is 4.75. The minimum Gasteiger partial charge on any atom is -0.478 e. The Morgan fingerprint density at radius 3 is 2.75 bits per heavy atom. The van der Waals surface area contributed by atoms with Crippen LogP contribution < -0.4 is 5.32 Å². The number of carboxylic acids is 1. The van der Waals surface area contributed by atoms with Gasteiger partial charge in [-0.1, -0.05) is 6.07 Å². The number of hydrogen-bond acceptors (Lipinski definition) is 5. The first-order valence-electron chi connectivity index (χ1n) is 5.65. The van der Waals surface area contributed by atoms with E-state index in [1.165, 1.54) is 29.7 Å². The van der Waals surface area contributed by atoms with Crippen LogP contribution in [0.5, 0.6) is 0 Å². The molecule has 2 aromatic rings. The van der Waals surface area contributed by atoms with E-state index in [9.17, 15) is 9.59 Å². The maximum Gasteiger partial charge on any atom is 0.328 e. The van der Waals surface area contributed by atoms with Crippen molar-refractivity contribution in [3.05, 3.63) is 46.7 Å². The molecule has 102 valence electrons. The number of carboxylic acid groups (broad SMARTS) is 1. The highest BCUT2D eigenvalue weighted by Crippen LogP contribution is 2.15. The predicted octanol–water partition coefficient (Wildman–Crippen LogP) is 2.20. The van der Waals surface area contributed by atoms with E-state index in [2.05, 4.69) is 15.3 Å². The molecule has 0 bridgehead atoms. The van der Waals surface area contributed by atoms with E-state index >= 15 is 0 Å². The normalized spacial score (nSPS) is 10.7. The Labute approximate surface area is 118 Å². The van der Waals surface area contributed by atoms with Crippen LogP contribution in [-0.2, 0) is 4.79 Å². The van der Waals surface area contributed by atoms with Crippen LogP contribution in [0.3, 0.4) is 0 Å². The molecule has 0 spiro atoms. The molecular weight excluding hydrogens is 278 g/mol. The first-order valence-corrected chi connectivity index (χ1v) is 6.53. The number of carbonyl (C=O) groups is 2. The molecule has 0 aliphatic rings. The van der Waals surface area contributed by atoms with E-state index in [0.29, 0.717) is 10.7 Å². The van der Waals surface area contributed by atoms with Gasteiger partial charge in [-0.3, -0.25) is 15.1 Å². The average molecular weight is 289 g/mol. The van der Waals surface area contributed by atoms with Crippen molar-refractivity contribution in [2.45, 2.75) is 6.92 Å². The van der Waals surface area contributed by atoms with Gasteiger partial charge in [0, 0.05) is 17.7 Å². The van der Waals surface area contributed by atoms with Gasteiger partial charge < -0.3 is 5.11 Å². The number of nitrogens with zero attached hydrogens (tertiary/aromatic N) is 2. The number of rotatable bonds is 4. The average Bonchev–Trinajstić information content (AvgIpc) is 2.82. The number of aromatic nitrogens is 2. The largest absolute Gasteiger partial charge is 0.478 e. The van der Waals surface area contributed by atoms with Gasteiger partial charge >= 0.3 is 5.97 Å². The van der Waals surface area contributed by atoms with Crippen molar-refractivity contribution >= 4 is 34.4 Å². The minimum absolute atomic E-state index is 0.241. The lowest BCUT2D eigenvalue weighted by Crippen LogP contribution is -2.13. The second kappa shape index (κ2) is 6.07. The van der Waals surface area contributed by atoms with Gasteiger partial charge in [-0.2, -0.15) is 0 Å². The Morgan fingerprint density at radius 2 is 2.20 bits per heavy atom. The number of pyridine rings is 1. The summed E-state index contributed by atoms with van der Waals surface area (Å²) in [7, 11) is 0. The number of amides is 1. The van der Waals surface area contributed by atoms with E-state index in [4.69, 9.17) is 5.11 Å². The molecular formula is C13H11N3O3S. The number of carbonyl (C=O) groups excluding carboxylic acids is 1. The maximum absolute atomic E-state index is 11.9. The first-order chi connectivity index (χ1) is 9.54. The smallest absolute Gasteiger partial charge is 0.328 e. The molecule has 1 amide bonds. The fourth-order valence-electron chi connectivity index (χ4n) is 1.38.